The number of likely N-dealkylation sites (tertiary alicyclic amines) is 1. The van der Waals surface area contributed by atoms with E-state index in [2.05, 4.69) is 0 Å². The van der Waals surface area contributed by atoms with Crippen LogP contribution in [0.25, 0.3) is 0 Å². The topological polar surface area (TPSA) is 53.0 Å². The number of carbonyl (C=O) groups is 1. The summed E-state index contributed by atoms with van der Waals surface area (Å²) in [4.78, 5) is 14.9. The normalized spacial score (nSPS) is 25.3. The van der Waals surface area contributed by atoms with Crippen LogP contribution in [-0.4, -0.2) is 89.3 Å². The van der Waals surface area contributed by atoms with Gasteiger partial charge in [-0.1, -0.05) is 0 Å². The molecule has 0 radical (unpaired) electrons. The van der Waals surface area contributed by atoms with Crippen molar-refractivity contribution >= 4 is 17.7 Å². The van der Waals surface area contributed by atoms with Gasteiger partial charge in [0.25, 0.3) is 5.91 Å². The van der Waals surface area contributed by atoms with Crippen LogP contribution < -0.4 is 0 Å². The summed E-state index contributed by atoms with van der Waals surface area (Å²) in [6, 6.07) is 0. The minimum absolute atomic E-state index is 0.174. The number of hydrogen-bond acceptors (Lipinski definition) is 5. The van der Waals surface area contributed by atoms with Gasteiger partial charge in [-0.25, -0.2) is 0 Å². The smallest absolute Gasteiger partial charge is 0.315 e. The standard InChI is InChI=1S/C14H24F2N2O3S/c1-13(2)6-18(12(20)11(15)16)9-14(21-13)7-17(8-14)4-10(19)5-22-3/h10-11,19H,4-9H2,1-3H3. The van der Waals surface area contributed by atoms with Crippen LogP contribution in [0.5, 0.6) is 0 Å². The van der Waals surface area contributed by atoms with E-state index >= 15 is 0 Å². The monoisotopic (exact) mass is 338 g/mol. The van der Waals surface area contributed by atoms with Crippen molar-refractivity contribution in [3.8, 4) is 0 Å². The zero-order chi connectivity index (χ0) is 16.5. The largest absolute Gasteiger partial charge is 0.391 e. The summed E-state index contributed by atoms with van der Waals surface area (Å²) in [6.45, 7) is 5.62. The van der Waals surface area contributed by atoms with E-state index in [1.54, 1.807) is 11.8 Å². The molecule has 1 unspecified atom stereocenters. The number of aliphatic hydroxyl groups is 1. The van der Waals surface area contributed by atoms with Gasteiger partial charge in [-0.3, -0.25) is 9.69 Å². The maximum Gasteiger partial charge on any atom is 0.315 e. The SMILES string of the molecule is CSCC(O)CN1CC2(C1)CN(C(=O)C(F)F)CC(C)(C)O2. The molecule has 1 atom stereocenters. The Bertz CT molecular complexity index is 417. The number of amides is 1. The van der Waals surface area contributed by atoms with Crippen LogP contribution in [0.2, 0.25) is 0 Å². The minimum Gasteiger partial charge on any atom is -0.391 e. The predicted octanol–water partition coefficient (Wildman–Crippen LogP) is 0.667. The summed E-state index contributed by atoms with van der Waals surface area (Å²) < 4.78 is 31.5. The molecule has 1 spiro atoms. The van der Waals surface area contributed by atoms with E-state index in [9.17, 15) is 18.7 Å². The van der Waals surface area contributed by atoms with E-state index in [-0.39, 0.29) is 13.1 Å². The number of ether oxygens (including phenoxy) is 1. The zero-order valence-electron chi connectivity index (χ0n) is 13.2. The van der Waals surface area contributed by atoms with Crippen molar-refractivity contribution in [1.82, 2.24) is 9.80 Å². The van der Waals surface area contributed by atoms with E-state index in [0.717, 1.165) is 0 Å². The van der Waals surface area contributed by atoms with Gasteiger partial charge in [0, 0.05) is 31.9 Å². The number of rotatable bonds is 5. The first-order valence-corrected chi connectivity index (χ1v) is 8.72. The fourth-order valence-corrected chi connectivity index (χ4v) is 3.90. The van der Waals surface area contributed by atoms with Gasteiger partial charge in [0.05, 0.1) is 18.2 Å². The van der Waals surface area contributed by atoms with E-state index in [0.29, 0.717) is 25.4 Å². The third-order valence-electron chi connectivity index (χ3n) is 3.89. The second kappa shape index (κ2) is 6.59. The summed E-state index contributed by atoms with van der Waals surface area (Å²) in [7, 11) is 0. The molecule has 2 rings (SSSR count). The van der Waals surface area contributed by atoms with Crippen molar-refractivity contribution in [2.75, 3.05) is 44.7 Å². The van der Waals surface area contributed by atoms with Crippen LogP contribution >= 0.6 is 11.8 Å². The molecular formula is C14H24F2N2O3S. The molecule has 8 heteroatoms. The van der Waals surface area contributed by atoms with Crippen molar-refractivity contribution in [2.24, 2.45) is 0 Å². The maximum atomic E-state index is 12.7. The lowest BCUT2D eigenvalue weighted by atomic mass is 9.88. The Labute approximate surface area is 134 Å². The van der Waals surface area contributed by atoms with Crippen molar-refractivity contribution in [3.05, 3.63) is 0 Å². The second-order valence-electron chi connectivity index (χ2n) is 6.82. The second-order valence-corrected chi connectivity index (χ2v) is 7.73. The van der Waals surface area contributed by atoms with E-state index in [1.165, 1.54) is 4.90 Å². The highest BCUT2D eigenvalue weighted by Crippen LogP contribution is 2.36. The molecule has 2 saturated heterocycles. The van der Waals surface area contributed by atoms with Crippen LogP contribution in [0.4, 0.5) is 8.78 Å². The molecule has 0 saturated carbocycles. The van der Waals surface area contributed by atoms with Gasteiger partial charge in [0.15, 0.2) is 0 Å². The molecule has 2 aliphatic rings. The third kappa shape index (κ3) is 4.10. The van der Waals surface area contributed by atoms with Gasteiger partial charge in [0.2, 0.25) is 0 Å². The van der Waals surface area contributed by atoms with Crippen LogP contribution in [0.1, 0.15) is 13.8 Å². The summed E-state index contributed by atoms with van der Waals surface area (Å²) in [5.41, 5.74) is -1.24. The van der Waals surface area contributed by atoms with Gasteiger partial charge in [-0.2, -0.15) is 20.5 Å². The molecule has 128 valence electrons. The van der Waals surface area contributed by atoms with Gasteiger partial charge in [0.1, 0.15) is 5.60 Å². The van der Waals surface area contributed by atoms with Crippen molar-refractivity contribution in [3.63, 3.8) is 0 Å². The van der Waals surface area contributed by atoms with Gasteiger partial charge < -0.3 is 14.7 Å². The Morgan fingerprint density at radius 3 is 2.50 bits per heavy atom. The molecule has 5 nitrogen and oxygen atoms in total. The number of nitrogens with zero attached hydrogens (tertiary/aromatic N) is 2. The van der Waals surface area contributed by atoms with E-state index < -0.39 is 29.6 Å². The van der Waals surface area contributed by atoms with Crippen molar-refractivity contribution < 1.29 is 23.4 Å². The average Bonchev–Trinajstić information content (AvgIpc) is 2.34. The number of halogens is 2. The highest BCUT2D eigenvalue weighted by molar-refractivity contribution is 7.98. The summed E-state index contributed by atoms with van der Waals surface area (Å²) in [5, 5.41) is 9.82. The van der Waals surface area contributed by atoms with Gasteiger partial charge in [-0.05, 0) is 20.1 Å². The Balaban J connectivity index is 1.96. The first-order valence-electron chi connectivity index (χ1n) is 7.33. The van der Waals surface area contributed by atoms with E-state index in [4.69, 9.17) is 4.74 Å². The maximum absolute atomic E-state index is 12.7. The summed E-state index contributed by atoms with van der Waals surface area (Å²) in [5.74, 6) is -0.470. The van der Waals surface area contributed by atoms with Crippen LogP contribution in [-0.2, 0) is 9.53 Å². The molecule has 2 heterocycles. The van der Waals surface area contributed by atoms with Crippen LogP contribution in [0.3, 0.4) is 0 Å². The minimum atomic E-state index is -2.98. The van der Waals surface area contributed by atoms with Crippen LogP contribution in [0, 0.1) is 0 Å². The highest BCUT2D eigenvalue weighted by atomic mass is 32.2. The number of hydrogen-bond donors (Lipinski definition) is 1. The molecule has 22 heavy (non-hydrogen) atoms. The van der Waals surface area contributed by atoms with Crippen molar-refractivity contribution in [1.29, 1.82) is 0 Å². The molecule has 1 amide bonds. The number of morpholine rings is 1. The molecule has 0 bridgehead atoms. The summed E-state index contributed by atoms with van der Waals surface area (Å²) >= 11 is 1.58. The Kier molecular flexibility index (Phi) is 5.36. The van der Waals surface area contributed by atoms with E-state index in [1.807, 2.05) is 25.0 Å². The molecule has 1 N–H and O–H groups in total. The summed E-state index contributed by atoms with van der Waals surface area (Å²) in [6.07, 6.45) is -1.46. The first kappa shape index (κ1) is 17.9. The lowest BCUT2D eigenvalue weighted by Crippen LogP contribution is -2.74. The number of carbonyl (C=O) groups excluding carboxylic acids is 1. The van der Waals surface area contributed by atoms with Crippen molar-refractivity contribution in [2.45, 2.75) is 37.6 Å². The average molecular weight is 338 g/mol. The molecule has 0 aromatic rings. The lowest BCUT2D eigenvalue weighted by Gasteiger charge is -2.58. The highest BCUT2D eigenvalue weighted by Gasteiger charge is 2.53. The fourth-order valence-electron chi connectivity index (χ4n) is 3.41. The lowest BCUT2D eigenvalue weighted by molar-refractivity contribution is -0.249. The van der Waals surface area contributed by atoms with Crippen LogP contribution in [0.15, 0.2) is 0 Å². The Morgan fingerprint density at radius 1 is 1.32 bits per heavy atom. The van der Waals surface area contributed by atoms with Gasteiger partial charge >= 0.3 is 6.43 Å². The molecule has 0 aliphatic carbocycles. The van der Waals surface area contributed by atoms with Gasteiger partial charge in [-0.15, -0.1) is 0 Å². The zero-order valence-corrected chi connectivity index (χ0v) is 14.0. The first-order chi connectivity index (χ1) is 10.2. The fraction of sp³-hybridized carbons (Fsp3) is 0.929. The quantitative estimate of drug-likeness (QED) is 0.798. The number of thioether (sulfide) groups is 1. The molecule has 2 fully saturated rings. The third-order valence-corrected chi connectivity index (χ3v) is 4.61. The number of alkyl halides is 2. The Morgan fingerprint density at radius 2 is 1.95 bits per heavy atom. The number of β-amino-alcohol motifs (C(OH)–C–C–N with tert-alkyl or cyclic N) is 1. The molecular weight excluding hydrogens is 314 g/mol. The molecule has 0 aromatic carbocycles. The molecule has 2 aliphatic heterocycles. The Hall–Kier alpha value is -0.440. The predicted molar refractivity (Wildman–Crippen MR) is 81.3 cm³/mol. The molecule has 0 aromatic heterocycles. The number of aliphatic hydroxyl groups excluding tert-OH is 1.